The molecular formula is C32H39F2NO2S. The molecule has 0 spiro atoms. The highest BCUT2D eigenvalue weighted by molar-refractivity contribution is 7.21. The Labute approximate surface area is 229 Å². The summed E-state index contributed by atoms with van der Waals surface area (Å²) < 4.78 is 35.0. The Bertz CT molecular complexity index is 1320. The van der Waals surface area contributed by atoms with Gasteiger partial charge in [0.2, 0.25) is 0 Å². The van der Waals surface area contributed by atoms with Crippen molar-refractivity contribution in [3.63, 3.8) is 0 Å². The van der Waals surface area contributed by atoms with Crippen LogP contribution < -0.4 is 4.74 Å². The van der Waals surface area contributed by atoms with Gasteiger partial charge in [-0.3, -0.25) is 4.79 Å². The van der Waals surface area contributed by atoms with Gasteiger partial charge in [-0.15, -0.1) is 11.3 Å². The molecule has 0 N–H and O–H groups in total. The van der Waals surface area contributed by atoms with Crippen LogP contribution in [0.25, 0.3) is 15.7 Å². The quantitative estimate of drug-likeness (QED) is 0.280. The molecule has 0 radical (unpaired) electrons. The van der Waals surface area contributed by atoms with Gasteiger partial charge in [0.1, 0.15) is 17.4 Å². The van der Waals surface area contributed by atoms with Gasteiger partial charge in [0, 0.05) is 23.5 Å². The lowest BCUT2D eigenvalue weighted by atomic mass is 9.93. The number of allylic oxidation sites excluding steroid dienone is 4. The Morgan fingerprint density at radius 1 is 1.08 bits per heavy atom. The molecule has 0 atom stereocenters. The molecule has 38 heavy (non-hydrogen) atoms. The first-order valence-electron chi connectivity index (χ1n) is 13.5. The maximum Gasteiger partial charge on any atom is 0.264 e. The van der Waals surface area contributed by atoms with Crippen LogP contribution in [0.15, 0.2) is 48.6 Å². The van der Waals surface area contributed by atoms with Gasteiger partial charge in [0.15, 0.2) is 0 Å². The van der Waals surface area contributed by atoms with Gasteiger partial charge in [-0.2, -0.15) is 0 Å². The van der Waals surface area contributed by atoms with E-state index in [4.69, 9.17) is 4.74 Å². The van der Waals surface area contributed by atoms with E-state index in [1.165, 1.54) is 0 Å². The molecule has 3 nitrogen and oxygen atoms in total. The first-order chi connectivity index (χ1) is 18.4. The normalized spacial score (nSPS) is 14.5. The van der Waals surface area contributed by atoms with E-state index in [1.807, 2.05) is 50.8 Å². The Morgan fingerprint density at radius 2 is 1.76 bits per heavy atom. The van der Waals surface area contributed by atoms with Crippen LogP contribution in [0.2, 0.25) is 0 Å². The van der Waals surface area contributed by atoms with Gasteiger partial charge >= 0.3 is 0 Å². The van der Waals surface area contributed by atoms with Crippen molar-refractivity contribution in [3.05, 3.63) is 81.8 Å². The van der Waals surface area contributed by atoms with Crippen molar-refractivity contribution in [3.8, 4) is 5.75 Å². The maximum atomic E-state index is 14.6. The minimum absolute atomic E-state index is 0.0654. The number of nitrogens with zero attached hydrogens (tertiary/aromatic N) is 1. The average Bonchev–Trinajstić information content (AvgIpc) is 3.31. The number of carbonyl (C=O) groups is 1. The zero-order chi connectivity index (χ0) is 27.8. The summed E-state index contributed by atoms with van der Waals surface area (Å²) in [7, 11) is 1.63. The second kappa shape index (κ2) is 13.7. The number of carbonyl (C=O) groups excluding carboxylic acids is 1. The van der Waals surface area contributed by atoms with Crippen LogP contribution >= 0.6 is 11.3 Å². The molecule has 4 rings (SSSR count). The molecule has 2 aromatic carbocycles. The second-order valence-corrected chi connectivity index (χ2v) is 10.3. The Kier molecular flexibility index (Phi) is 10.7. The summed E-state index contributed by atoms with van der Waals surface area (Å²) in [5, 5.41) is 0.204. The first-order valence-corrected chi connectivity index (χ1v) is 14.4. The third kappa shape index (κ3) is 6.17. The number of fused-ring (bicyclic) bond motifs is 1. The lowest BCUT2D eigenvalue weighted by Crippen LogP contribution is -2.41. The fraction of sp³-hybridized carbons (Fsp3) is 0.406. The molecule has 1 aliphatic rings. The number of thiophene rings is 1. The largest absolute Gasteiger partial charge is 0.496 e. The summed E-state index contributed by atoms with van der Waals surface area (Å²) in [6.07, 6.45) is 11.2. The van der Waals surface area contributed by atoms with Crippen molar-refractivity contribution in [1.82, 2.24) is 4.90 Å². The van der Waals surface area contributed by atoms with E-state index in [0.29, 0.717) is 22.7 Å². The lowest BCUT2D eigenvalue weighted by molar-refractivity contribution is 0.0617. The Hall–Kier alpha value is -2.99. The number of amides is 1. The molecule has 1 aromatic heterocycles. The van der Waals surface area contributed by atoms with Crippen LogP contribution in [0.1, 0.15) is 86.2 Å². The van der Waals surface area contributed by atoms with E-state index in [9.17, 15) is 13.6 Å². The fourth-order valence-electron chi connectivity index (χ4n) is 5.17. The zero-order valence-corrected chi connectivity index (χ0v) is 24.2. The Balaban J connectivity index is 0.00000195. The van der Waals surface area contributed by atoms with E-state index in [-0.39, 0.29) is 22.0 Å². The van der Waals surface area contributed by atoms with E-state index < -0.39 is 11.6 Å². The van der Waals surface area contributed by atoms with E-state index >= 15 is 0 Å². The highest BCUT2D eigenvalue weighted by atomic mass is 32.1. The van der Waals surface area contributed by atoms with E-state index in [0.717, 1.165) is 72.3 Å². The number of hydrogen-bond acceptors (Lipinski definition) is 3. The lowest BCUT2D eigenvalue weighted by Gasteiger charge is -2.35. The molecule has 3 aromatic rings. The molecule has 0 saturated heterocycles. The van der Waals surface area contributed by atoms with Crippen LogP contribution in [0, 0.1) is 18.6 Å². The summed E-state index contributed by atoms with van der Waals surface area (Å²) in [6, 6.07) is 8.36. The van der Waals surface area contributed by atoms with Gasteiger partial charge < -0.3 is 9.64 Å². The van der Waals surface area contributed by atoms with Gasteiger partial charge in [-0.25, -0.2) is 8.78 Å². The molecule has 1 aliphatic carbocycles. The minimum atomic E-state index is -0.500. The highest BCUT2D eigenvalue weighted by Gasteiger charge is 2.30. The number of methoxy groups -OCH3 is 1. The predicted octanol–water partition coefficient (Wildman–Crippen LogP) is 9.48. The number of hydrogen-bond donors (Lipinski definition) is 0. The molecule has 0 aliphatic heterocycles. The number of rotatable bonds is 7. The fourth-order valence-corrected chi connectivity index (χ4v) is 6.35. The molecule has 1 heterocycles. The van der Waals surface area contributed by atoms with Crippen LogP contribution in [-0.4, -0.2) is 24.0 Å². The Morgan fingerprint density at radius 3 is 2.37 bits per heavy atom. The third-order valence-electron chi connectivity index (χ3n) is 7.06. The van der Waals surface area contributed by atoms with Gasteiger partial charge in [-0.1, -0.05) is 57.4 Å². The van der Waals surface area contributed by atoms with Crippen molar-refractivity contribution >= 4 is 32.9 Å². The van der Waals surface area contributed by atoms with Gasteiger partial charge in [0.25, 0.3) is 5.91 Å². The number of aryl methyl sites for hydroxylation is 1. The van der Waals surface area contributed by atoms with Crippen LogP contribution in [-0.2, 0) is 6.54 Å². The predicted molar refractivity (Wildman–Crippen MR) is 156 cm³/mol. The second-order valence-electron chi connectivity index (χ2n) is 9.29. The molecule has 6 heteroatoms. The van der Waals surface area contributed by atoms with Crippen molar-refractivity contribution in [1.29, 1.82) is 0 Å². The number of ether oxygens (including phenoxy) is 1. The minimum Gasteiger partial charge on any atom is -0.496 e. The number of benzene rings is 2. The molecular weight excluding hydrogens is 500 g/mol. The van der Waals surface area contributed by atoms with Crippen molar-refractivity contribution in [2.75, 3.05) is 7.11 Å². The number of halogens is 2. The van der Waals surface area contributed by atoms with E-state index in [1.54, 1.807) is 14.0 Å². The van der Waals surface area contributed by atoms with E-state index in [2.05, 4.69) is 18.2 Å². The summed E-state index contributed by atoms with van der Waals surface area (Å²) >= 11 is 1.05. The molecule has 0 unspecified atom stereocenters. The standard InChI is InChI=1S/C30H33F2NO2S.C2H6/c1-5-10-20(6-2)21-13-16-26(35-4)22(17-21)18-33(23-11-8-7-9-12-23)30(34)28-19(3)27-24(31)14-15-25(32)29(27)36-28;1-2/h5-6,10,13-17,23H,7-9,11-12,18H2,1-4H3;1-2H3/b10-5-,20-6+;. The highest BCUT2D eigenvalue weighted by Crippen LogP contribution is 2.37. The summed E-state index contributed by atoms with van der Waals surface area (Å²) in [5.41, 5.74) is 3.55. The third-order valence-corrected chi connectivity index (χ3v) is 8.35. The SMILES string of the molecule is C/C=C\C(=C/C)c1ccc(OC)c(CN(C(=O)c2sc3c(F)ccc(F)c3c2C)C2CCCCC2)c1.CC. The van der Waals surface area contributed by atoms with Crippen LogP contribution in [0.4, 0.5) is 8.78 Å². The molecule has 1 fully saturated rings. The molecule has 204 valence electrons. The maximum absolute atomic E-state index is 14.6. The van der Waals surface area contributed by atoms with Crippen molar-refractivity contribution in [2.45, 2.75) is 79.3 Å². The molecule has 0 bridgehead atoms. The summed E-state index contributed by atoms with van der Waals surface area (Å²) in [4.78, 5) is 16.4. The van der Waals surface area contributed by atoms with Gasteiger partial charge in [-0.05, 0) is 74.6 Å². The monoisotopic (exact) mass is 539 g/mol. The average molecular weight is 540 g/mol. The van der Waals surface area contributed by atoms with Crippen LogP contribution in [0.5, 0.6) is 5.75 Å². The molecule has 1 amide bonds. The topological polar surface area (TPSA) is 29.5 Å². The van der Waals surface area contributed by atoms with Crippen molar-refractivity contribution < 1.29 is 18.3 Å². The van der Waals surface area contributed by atoms with Gasteiger partial charge in [0.05, 0.1) is 16.7 Å². The first kappa shape index (κ1) is 29.6. The summed E-state index contributed by atoms with van der Waals surface area (Å²) in [6.45, 7) is 10.1. The van der Waals surface area contributed by atoms with Crippen LogP contribution in [0.3, 0.4) is 0 Å². The summed E-state index contributed by atoms with van der Waals surface area (Å²) in [5.74, 6) is -0.458. The smallest absolute Gasteiger partial charge is 0.264 e. The zero-order valence-electron chi connectivity index (χ0n) is 23.4. The van der Waals surface area contributed by atoms with Crippen molar-refractivity contribution in [2.24, 2.45) is 0 Å². The molecule has 1 saturated carbocycles.